The van der Waals surface area contributed by atoms with E-state index in [1.54, 1.807) is 0 Å². The summed E-state index contributed by atoms with van der Waals surface area (Å²) in [5.74, 6) is 2.16. The van der Waals surface area contributed by atoms with Crippen LogP contribution in [0.5, 0.6) is 0 Å². The van der Waals surface area contributed by atoms with Gasteiger partial charge >= 0.3 is 0 Å². The lowest BCUT2D eigenvalue weighted by molar-refractivity contribution is -0.0653. The fourth-order valence-electron chi connectivity index (χ4n) is 3.34. The molecule has 1 N–H and O–H groups in total. The van der Waals surface area contributed by atoms with Gasteiger partial charge in [0.2, 0.25) is 0 Å². The molecule has 0 bridgehead atoms. The largest absolute Gasteiger partial charge is 0.349 e. The van der Waals surface area contributed by atoms with Crippen molar-refractivity contribution in [3.63, 3.8) is 0 Å². The molecule has 0 amide bonds. The van der Waals surface area contributed by atoms with E-state index in [1.165, 1.54) is 6.42 Å². The first kappa shape index (κ1) is 14.8. The Bertz CT molecular complexity index is 625. The van der Waals surface area contributed by atoms with Gasteiger partial charge in [0.15, 0.2) is 12.1 Å². The first-order chi connectivity index (χ1) is 11.4. The summed E-state index contributed by atoms with van der Waals surface area (Å²) >= 11 is 0. The van der Waals surface area contributed by atoms with Crippen molar-refractivity contribution < 1.29 is 9.47 Å². The molecule has 1 aromatic carbocycles. The molecule has 122 valence electrons. The SMILES string of the molecule is c1ccc(-c2n[nH]c([C@@H]3CCCN(CC4OCCO4)C3)n2)cc1. The van der Waals surface area contributed by atoms with E-state index < -0.39 is 0 Å². The van der Waals surface area contributed by atoms with E-state index >= 15 is 0 Å². The molecule has 0 unspecified atom stereocenters. The Morgan fingerprint density at radius 1 is 1.17 bits per heavy atom. The van der Waals surface area contributed by atoms with Crippen LogP contribution in [0.25, 0.3) is 11.4 Å². The smallest absolute Gasteiger partial charge is 0.181 e. The van der Waals surface area contributed by atoms with Crippen molar-refractivity contribution in [2.75, 3.05) is 32.8 Å². The van der Waals surface area contributed by atoms with E-state index in [2.05, 4.69) is 15.1 Å². The van der Waals surface area contributed by atoms with Crippen LogP contribution in [0.15, 0.2) is 30.3 Å². The van der Waals surface area contributed by atoms with Crippen LogP contribution in [-0.4, -0.2) is 59.2 Å². The lowest BCUT2D eigenvalue weighted by Crippen LogP contribution is -2.40. The van der Waals surface area contributed by atoms with Gasteiger partial charge in [0.1, 0.15) is 5.82 Å². The van der Waals surface area contributed by atoms with Gasteiger partial charge in [0.05, 0.1) is 13.2 Å². The maximum atomic E-state index is 5.56. The Morgan fingerprint density at radius 3 is 2.83 bits per heavy atom. The number of piperidine rings is 1. The van der Waals surface area contributed by atoms with Gasteiger partial charge in [-0.2, -0.15) is 5.10 Å². The molecule has 0 radical (unpaired) electrons. The normalized spacial score (nSPS) is 23.4. The molecule has 6 nitrogen and oxygen atoms in total. The maximum Gasteiger partial charge on any atom is 0.181 e. The van der Waals surface area contributed by atoms with Crippen LogP contribution in [0, 0.1) is 0 Å². The summed E-state index contributed by atoms with van der Waals surface area (Å²) in [7, 11) is 0. The van der Waals surface area contributed by atoms with E-state index in [4.69, 9.17) is 14.5 Å². The van der Waals surface area contributed by atoms with Gasteiger partial charge in [0, 0.05) is 24.6 Å². The molecule has 0 spiro atoms. The molecule has 23 heavy (non-hydrogen) atoms. The first-order valence-electron chi connectivity index (χ1n) is 8.32. The second-order valence-electron chi connectivity index (χ2n) is 6.18. The van der Waals surface area contributed by atoms with Crippen LogP contribution in [0.4, 0.5) is 0 Å². The summed E-state index contributed by atoms with van der Waals surface area (Å²) in [5.41, 5.74) is 1.05. The number of aromatic amines is 1. The molecule has 2 aliphatic rings. The third kappa shape index (κ3) is 3.44. The number of benzene rings is 1. The van der Waals surface area contributed by atoms with Crippen LogP contribution in [0.3, 0.4) is 0 Å². The van der Waals surface area contributed by atoms with E-state index in [9.17, 15) is 0 Å². The van der Waals surface area contributed by atoms with Gasteiger partial charge in [-0.1, -0.05) is 30.3 Å². The van der Waals surface area contributed by atoms with Gasteiger partial charge in [-0.15, -0.1) is 0 Å². The molecule has 1 aromatic heterocycles. The Kier molecular flexibility index (Phi) is 4.37. The second kappa shape index (κ2) is 6.78. The standard InChI is InChI=1S/C17H22N4O2/c1-2-5-13(6-3-1)16-18-17(20-19-16)14-7-4-8-21(11-14)12-15-22-9-10-23-15/h1-3,5-6,14-15H,4,7-12H2,(H,18,19,20)/t14-/m1/s1. The zero-order valence-electron chi connectivity index (χ0n) is 13.1. The van der Waals surface area contributed by atoms with Crippen molar-refractivity contribution in [2.45, 2.75) is 25.0 Å². The minimum absolute atomic E-state index is 0.0663. The Labute approximate surface area is 135 Å². The summed E-state index contributed by atoms with van der Waals surface area (Å²) in [6.45, 7) is 4.34. The Morgan fingerprint density at radius 2 is 2.00 bits per heavy atom. The average Bonchev–Trinajstić information content (AvgIpc) is 3.28. The van der Waals surface area contributed by atoms with Gasteiger partial charge in [0.25, 0.3) is 0 Å². The van der Waals surface area contributed by atoms with Gasteiger partial charge in [-0.05, 0) is 19.4 Å². The topological polar surface area (TPSA) is 63.3 Å². The van der Waals surface area contributed by atoms with Crippen LogP contribution in [0.1, 0.15) is 24.6 Å². The van der Waals surface area contributed by atoms with Crippen molar-refractivity contribution in [3.05, 3.63) is 36.2 Å². The number of nitrogens with zero attached hydrogens (tertiary/aromatic N) is 3. The summed E-state index contributed by atoms with van der Waals surface area (Å²) in [6.07, 6.45) is 2.24. The number of aromatic nitrogens is 3. The van der Waals surface area contributed by atoms with Crippen molar-refractivity contribution >= 4 is 0 Å². The number of hydrogen-bond donors (Lipinski definition) is 1. The Balaban J connectivity index is 1.42. The highest BCUT2D eigenvalue weighted by Gasteiger charge is 2.27. The number of hydrogen-bond acceptors (Lipinski definition) is 5. The molecule has 2 aromatic rings. The monoisotopic (exact) mass is 314 g/mol. The number of likely N-dealkylation sites (tertiary alicyclic amines) is 1. The molecular weight excluding hydrogens is 292 g/mol. The Hall–Kier alpha value is -1.76. The number of H-pyrrole nitrogens is 1. The first-order valence-corrected chi connectivity index (χ1v) is 8.32. The number of rotatable bonds is 4. The van der Waals surface area contributed by atoms with Crippen LogP contribution < -0.4 is 0 Å². The van der Waals surface area contributed by atoms with Crippen molar-refractivity contribution in [1.82, 2.24) is 20.1 Å². The zero-order valence-corrected chi connectivity index (χ0v) is 13.1. The van der Waals surface area contributed by atoms with E-state index in [-0.39, 0.29) is 6.29 Å². The highest BCUT2D eigenvalue weighted by Crippen LogP contribution is 2.26. The minimum Gasteiger partial charge on any atom is -0.349 e. The molecule has 0 saturated carbocycles. The second-order valence-corrected chi connectivity index (χ2v) is 6.18. The summed E-state index contributed by atoms with van der Waals surface area (Å²) in [5, 5.41) is 7.52. The summed E-state index contributed by atoms with van der Waals surface area (Å²) in [4.78, 5) is 7.13. The third-order valence-electron chi connectivity index (χ3n) is 4.52. The van der Waals surface area contributed by atoms with E-state index in [1.807, 2.05) is 30.3 Å². The van der Waals surface area contributed by atoms with Crippen LogP contribution >= 0.6 is 0 Å². The van der Waals surface area contributed by atoms with E-state index in [0.29, 0.717) is 19.1 Å². The van der Waals surface area contributed by atoms with Gasteiger partial charge in [-0.25, -0.2) is 4.98 Å². The predicted octanol–water partition coefficient (Wildman–Crippen LogP) is 2.02. The number of nitrogens with one attached hydrogen (secondary N) is 1. The molecule has 2 fully saturated rings. The fourth-order valence-corrected chi connectivity index (χ4v) is 3.34. The molecule has 6 heteroatoms. The molecule has 1 atom stereocenters. The highest BCUT2D eigenvalue weighted by molar-refractivity contribution is 5.53. The van der Waals surface area contributed by atoms with E-state index in [0.717, 1.165) is 43.3 Å². The predicted molar refractivity (Wildman–Crippen MR) is 85.9 cm³/mol. The van der Waals surface area contributed by atoms with Crippen molar-refractivity contribution in [2.24, 2.45) is 0 Å². The zero-order chi connectivity index (χ0) is 15.5. The van der Waals surface area contributed by atoms with Crippen molar-refractivity contribution in [1.29, 1.82) is 0 Å². The van der Waals surface area contributed by atoms with Crippen LogP contribution in [0.2, 0.25) is 0 Å². The molecule has 2 saturated heterocycles. The number of ether oxygens (including phenoxy) is 2. The lowest BCUT2D eigenvalue weighted by atomic mass is 9.97. The average molecular weight is 314 g/mol. The minimum atomic E-state index is -0.0663. The lowest BCUT2D eigenvalue weighted by Gasteiger charge is -2.32. The fraction of sp³-hybridized carbons (Fsp3) is 0.529. The molecule has 4 rings (SSSR count). The molecular formula is C17H22N4O2. The van der Waals surface area contributed by atoms with Gasteiger partial charge in [-0.3, -0.25) is 10.00 Å². The third-order valence-corrected chi connectivity index (χ3v) is 4.52. The van der Waals surface area contributed by atoms with Gasteiger partial charge < -0.3 is 9.47 Å². The maximum absolute atomic E-state index is 5.56. The quantitative estimate of drug-likeness (QED) is 0.935. The molecule has 2 aliphatic heterocycles. The summed E-state index contributed by atoms with van der Waals surface area (Å²) in [6, 6.07) is 10.1. The highest BCUT2D eigenvalue weighted by atomic mass is 16.7. The summed E-state index contributed by atoms with van der Waals surface area (Å²) < 4.78 is 11.1. The van der Waals surface area contributed by atoms with Crippen LogP contribution in [-0.2, 0) is 9.47 Å². The molecule has 0 aliphatic carbocycles. The molecule has 3 heterocycles. The van der Waals surface area contributed by atoms with Crippen molar-refractivity contribution in [3.8, 4) is 11.4 Å².